The Morgan fingerprint density at radius 3 is 2.71 bits per heavy atom. The molecule has 1 aromatic heterocycles. The van der Waals surface area contributed by atoms with Crippen molar-refractivity contribution in [2.45, 2.75) is 38.3 Å². The van der Waals surface area contributed by atoms with Gasteiger partial charge in [0.15, 0.2) is 0 Å². The molecule has 1 aromatic rings. The van der Waals surface area contributed by atoms with E-state index >= 15 is 0 Å². The average Bonchev–Trinajstić information content (AvgIpc) is 2.87. The number of hydrogen-bond acceptors (Lipinski definition) is 5. The van der Waals surface area contributed by atoms with Crippen molar-refractivity contribution in [3.8, 4) is 0 Å². The highest BCUT2D eigenvalue weighted by molar-refractivity contribution is 7.89. The van der Waals surface area contributed by atoms with Crippen LogP contribution in [0.25, 0.3) is 0 Å². The molecule has 0 aromatic carbocycles. The van der Waals surface area contributed by atoms with Crippen LogP contribution in [0.2, 0.25) is 0 Å². The Bertz CT molecular complexity index is 512. The third-order valence-electron chi connectivity index (χ3n) is 3.14. The Kier molecular flexibility index (Phi) is 7.30. The first kappa shape index (κ1) is 18.1. The maximum atomic E-state index is 12.1. The van der Waals surface area contributed by atoms with Crippen molar-refractivity contribution in [2.24, 2.45) is 0 Å². The highest BCUT2D eigenvalue weighted by Crippen LogP contribution is 2.06. The molecule has 0 atom stereocenters. The molecule has 0 aliphatic rings. The van der Waals surface area contributed by atoms with E-state index in [0.717, 1.165) is 13.1 Å². The molecular formula is C13H27N5O2S. The quantitative estimate of drug-likeness (QED) is 0.640. The van der Waals surface area contributed by atoms with Crippen LogP contribution in [-0.4, -0.2) is 62.4 Å². The average molecular weight is 317 g/mol. The van der Waals surface area contributed by atoms with E-state index in [2.05, 4.69) is 29.0 Å². The normalized spacial score (nSPS) is 12.5. The van der Waals surface area contributed by atoms with Gasteiger partial charge < -0.3 is 10.2 Å². The molecule has 1 heterocycles. The van der Waals surface area contributed by atoms with Crippen molar-refractivity contribution < 1.29 is 8.42 Å². The summed E-state index contributed by atoms with van der Waals surface area (Å²) >= 11 is 0. The first-order chi connectivity index (χ1) is 9.85. The summed E-state index contributed by atoms with van der Waals surface area (Å²) in [5.74, 6) is 0. The van der Waals surface area contributed by atoms with Gasteiger partial charge in [0.25, 0.3) is 0 Å². The first-order valence-corrected chi connectivity index (χ1v) is 8.77. The van der Waals surface area contributed by atoms with E-state index in [1.165, 1.54) is 6.20 Å². The van der Waals surface area contributed by atoms with E-state index in [9.17, 15) is 8.42 Å². The number of likely N-dealkylation sites (N-methyl/N-ethyl adjacent to an activating group) is 1. The number of sulfonamides is 1. The SMILES string of the molecule is CCN(C)CCNS(=O)(=O)c1cnn(CCNC(C)C)c1. The number of rotatable bonds is 10. The highest BCUT2D eigenvalue weighted by atomic mass is 32.2. The van der Waals surface area contributed by atoms with Gasteiger partial charge in [0.2, 0.25) is 10.0 Å². The summed E-state index contributed by atoms with van der Waals surface area (Å²) in [6.07, 6.45) is 2.95. The summed E-state index contributed by atoms with van der Waals surface area (Å²) in [6.45, 7) is 9.54. The summed E-state index contributed by atoms with van der Waals surface area (Å²) in [5.41, 5.74) is 0. The zero-order valence-corrected chi connectivity index (χ0v) is 14.2. The first-order valence-electron chi connectivity index (χ1n) is 7.29. The van der Waals surface area contributed by atoms with E-state index < -0.39 is 10.0 Å². The zero-order chi connectivity index (χ0) is 15.9. The van der Waals surface area contributed by atoms with E-state index in [1.54, 1.807) is 10.9 Å². The van der Waals surface area contributed by atoms with Gasteiger partial charge in [0.1, 0.15) is 4.90 Å². The van der Waals surface area contributed by atoms with Gasteiger partial charge in [-0.05, 0) is 13.6 Å². The van der Waals surface area contributed by atoms with Crippen LogP contribution in [0, 0.1) is 0 Å². The van der Waals surface area contributed by atoms with E-state index in [0.29, 0.717) is 25.7 Å². The van der Waals surface area contributed by atoms with Crippen molar-refractivity contribution in [1.29, 1.82) is 0 Å². The predicted octanol–water partition coefficient (Wildman–Crippen LogP) is 0.111. The van der Waals surface area contributed by atoms with Gasteiger partial charge in [-0.25, -0.2) is 13.1 Å². The molecule has 0 spiro atoms. The maximum absolute atomic E-state index is 12.1. The minimum Gasteiger partial charge on any atom is -0.313 e. The monoisotopic (exact) mass is 317 g/mol. The fourth-order valence-electron chi connectivity index (χ4n) is 1.69. The lowest BCUT2D eigenvalue weighted by molar-refractivity contribution is 0.358. The van der Waals surface area contributed by atoms with E-state index in [-0.39, 0.29) is 4.90 Å². The van der Waals surface area contributed by atoms with Crippen molar-refractivity contribution in [2.75, 3.05) is 33.2 Å². The van der Waals surface area contributed by atoms with Gasteiger partial charge in [0.05, 0.1) is 12.7 Å². The summed E-state index contributed by atoms with van der Waals surface area (Å²) in [7, 11) is -1.51. The number of nitrogens with one attached hydrogen (secondary N) is 2. The lowest BCUT2D eigenvalue weighted by Crippen LogP contribution is -2.32. The molecule has 0 saturated heterocycles. The molecule has 8 heteroatoms. The highest BCUT2D eigenvalue weighted by Gasteiger charge is 2.16. The van der Waals surface area contributed by atoms with E-state index in [4.69, 9.17) is 0 Å². The lowest BCUT2D eigenvalue weighted by Gasteiger charge is -2.13. The number of nitrogens with zero attached hydrogens (tertiary/aromatic N) is 3. The van der Waals surface area contributed by atoms with Crippen molar-refractivity contribution in [3.63, 3.8) is 0 Å². The molecule has 0 amide bonds. The van der Waals surface area contributed by atoms with Crippen LogP contribution in [0.1, 0.15) is 20.8 Å². The van der Waals surface area contributed by atoms with Crippen molar-refractivity contribution in [3.05, 3.63) is 12.4 Å². The second-order valence-corrected chi connectivity index (χ2v) is 7.11. The van der Waals surface area contributed by atoms with Crippen LogP contribution in [0.3, 0.4) is 0 Å². The standard InChI is InChI=1S/C13H27N5O2S/c1-5-17(4)8-7-16-21(19,20)13-10-15-18(11-13)9-6-14-12(2)3/h10-12,14,16H,5-9H2,1-4H3. The summed E-state index contributed by atoms with van der Waals surface area (Å²) in [6, 6.07) is 0.404. The second kappa shape index (κ2) is 8.47. The summed E-state index contributed by atoms with van der Waals surface area (Å²) in [5, 5.41) is 7.35. The Morgan fingerprint density at radius 2 is 2.10 bits per heavy atom. The van der Waals surface area contributed by atoms with Gasteiger partial charge in [-0.2, -0.15) is 5.10 Å². The molecular weight excluding hydrogens is 290 g/mol. The van der Waals surface area contributed by atoms with Crippen LogP contribution in [-0.2, 0) is 16.6 Å². The van der Waals surface area contributed by atoms with Crippen LogP contribution >= 0.6 is 0 Å². The third kappa shape index (κ3) is 6.56. The molecule has 0 unspecified atom stereocenters. The summed E-state index contributed by atoms with van der Waals surface area (Å²) in [4.78, 5) is 2.26. The molecule has 21 heavy (non-hydrogen) atoms. The molecule has 0 radical (unpaired) electrons. The topological polar surface area (TPSA) is 79.3 Å². The van der Waals surface area contributed by atoms with Crippen molar-refractivity contribution in [1.82, 2.24) is 24.7 Å². The van der Waals surface area contributed by atoms with Gasteiger partial charge in [0, 0.05) is 31.9 Å². The Balaban J connectivity index is 2.50. The smallest absolute Gasteiger partial charge is 0.243 e. The van der Waals surface area contributed by atoms with Crippen LogP contribution in [0.15, 0.2) is 17.3 Å². The van der Waals surface area contributed by atoms with Crippen LogP contribution < -0.4 is 10.0 Å². The number of hydrogen-bond donors (Lipinski definition) is 2. The molecule has 0 fully saturated rings. The second-order valence-electron chi connectivity index (χ2n) is 5.34. The zero-order valence-electron chi connectivity index (χ0n) is 13.3. The minimum atomic E-state index is -3.47. The van der Waals surface area contributed by atoms with Crippen molar-refractivity contribution >= 4 is 10.0 Å². The summed E-state index contributed by atoms with van der Waals surface area (Å²) < 4.78 is 28.4. The largest absolute Gasteiger partial charge is 0.313 e. The lowest BCUT2D eigenvalue weighted by atomic mass is 10.4. The van der Waals surface area contributed by atoms with Crippen LogP contribution in [0.4, 0.5) is 0 Å². The fourth-order valence-corrected chi connectivity index (χ4v) is 2.66. The molecule has 7 nitrogen and oxygen atoms in total. The Labute approximate surface area is 127 Å². The third-order valence-corrected chi connectivity index (χ3v) is 4.55. The molecule has 1 rings (SSSR count). The Hall–Kier alpha value is -0.960. The fraction of sp³-hybridized carbons (Fsp3) is 0.769. The molecule has 0 bridgehead atoms. The van der Waals surface area contributed by atoms with Gasteiger partial charge >= 0.3 is 0 Å². The molecule has 0 aliphatic carbocycles. The molecule has 2 N–H and O–H groups in total. The van der Waals surface area contributed by atoms with Gasteiger partial charge in [-0.15, -0.1) is 0 Å². The van der Waals surface area contributed by atoms with Crippen LogP contribution in [0.5, 0.6) is 0 Å². The molecule has 122 valence electrons. The molecule has 0 saturated carbocycles. The van der Waals surface area contributed by atoms with Gasteiger partial charge in [-0.3, -0.25) is 4.68 Å². The van der Waals surface area contributed by atoms with Gasteiger partial charge in [-0.1, -0.05) is 20.8 Å². The number of aromatic nitrogens is 2. The molecule has 0 aliphatic heterocycles. The predicted molar refractivity (Wildman–Crippen MR) is 83.7 cm³/mol. The minimum absolute atomic E-state index is 0.214. The maximum Gasteiger partial charge on any atom is 0.243 e. The Morgan fingerprint density at radius 1 is 1.38 bits per heavy atom. The van der Waals surface area contributed by atoms with E-state index in [1.807, 2.05) is 18.9 Å².